The van der Waals surface area contributed by atoms with E-state index in [1.54, 1.807) is 0 Å². The first-order valence-corrected chi connectivity index (χ1v) is 13.8. The van der Waals surface area contributed by atoms with Crippen molar-refractivity contribution in [3.8, 4) is 0 Å². The van der Waals surface area contributed by atoms with E-state index in [0.717, 1.165) is 10.0 Å². The molecule has 152 valence electrons. The molecule has 28 heavy (non-hydrogen) atoms. The van der Waals surface area contributed by atoms with Crippen molar-refractivity contribution in [2.75, 3.05) is 0 Å². The van der Waals surface area contributed by atoms with Crippen molar-refractivity contribution < 1.29 is 20.8 Å². The van der Waals surface area contributed by atoms with Crippen molar-refractivity contribution in [2.24, 2.45) is 0 Å². The number of rotatable bonds is 3. The first kappa shape index (κ1) is 23.0. The van der Waals surface area contributed by atoms with Crippen LogP contribution in [0.15, 0.2) is 93.5 Å². The van der Waals surface area contributed by atoms with Crippen LogP contribution in [0, 0.1) is 0 Å². The van der Waals surface area contributed by atoms with Crippen LogP contribution in [0.1, 0.15) is 0 Å². The number of hydrogen-bond acceptors (Lipinski definition) is 0. The molecule has 3 rings (SSSR count). The quantitative estimate of drug-likeness (QED) is 0.185. The van der Waals surface area contributed by atoms with Crippen LogP contribution in [0.3, 0.4) is 0 Å². The van der Waals surface area contributed by atoms with Crippen LogP contribution in [-0.2, 0) is 10.9 Å². The van der Waals surface area contributed by atoms with Gasteiger partial charge < -0.3 is 0 Å². The van der Waals surface area contributed by atoms with Gasteiger partial charge in [-0.1, -0.05) is 41.4 Å². The average Bonchev–Trinajstić information content (AvgIpc) is 2.57. The zero-order valence-corrected chi connectivity index (χ0v) is 18.1. The third-order valence-corrected chi connectivity index (χ3v) is 5.81. The Morgan fingerprint density at radius 1 is 0.500 bits per heavy atom. The summed E-state index contributed by atoms with van der Waals surface area (Å²) >= 11 is 0.967. The second kappa shape index (κ2) is 7.86. The predicted octanol–water partition coefficient (Wildman–Crippen LogP) is 8.23. The Morgan fingerprint density at radius 3 is 1.11 bits per heavy atom. The molecule has 0 fully saturated rings. The molecule has 0 atom stereocenters. The normalized spacial score (nSPS) is 13.9. The van der Waals surface area contributed by atoms with Gasteiger partial charge in [0.25, 0.3) is 0 Å². The van der Waals surface area contributed by atoms with Crippen LogP contribution in [0.5, 0.6) is 0 Å². The van der Waals surface area contributed by atoms with E-state index in [9.17, 15) is 20.8 Å². The van der Waals surface area contributed by atoms with Crippen molar-refractivity contribution in [2.45, 2.75) is 14.7 Å². The summed E-state index contributed by atoms with van der Waals surface area (Å²) in [6.07, 6.45) is 0. The summed E-state index contributed by atoms with van der Waals surface area (Å²) < 4.78 is 59.4. The molecule has 0 aromatic heterocycles. The van der Waals surface area contributed by atoms with Gasteiger partial charge in [-0.3, -0.25) is 0 Å². The molecule has 0 aliphatic rings. The maximum absolute atomic E-state index is 11.1. The van der Waals surface area contributed by atoms with Gasteiger partial charge in [0.1, 0.15) is 0 Å². The first-order chi connectivity index (χ1) is 12.7. The van der Waals surface area contributed by atoms with Gasteiger partial charge >= 0.3 is 35.0 Å². The standard InChI is InChI=1S/C18H13Cl2S.AsF6/c19-14-6-10-17(11-7-14)21(16-4-2-1-3-5-16)18-12-8-15(20)9-13-18;2-1(3,4,5,6)7/h1-13H;/q+1;-1. The molecule has 3 aromatic carbocycles. The third-order valence-electron chi connectivity index (χ3n) is 3.08. The summed E-state index contributed by atoms with van der Waals surface area (Å²) in [6.45, 7) is 0. The van der Waals surface area contributed by atoms with Gasteiger partial charge in [0.2, 0.25) is 0 Å². The molecule has 0 N–H and O–H groups in total. The molecule has 3 aromatic rings. The van der Waals surface area contributed by atoms with Crippen LogP contribution < -0.4 is 0 Å². The minimum atomic E-state index is -11.1. The first-order valence-electron chi connectivity index (χ1n) is 7.56. The second-order valence-corrected chi connectivity index (χ2v) is 12.4. The van der Waals surface area contributed by atoms with Crippen LogP contribution in [0.4, 0.5) is 20.8 Å². The summed E-state index contributed by atoms with van der Waals surface area (Å²) in [5.41, 5.74) is 0. The van der Waals surface area contributed by atoms with Gasteiger partial charge in [0, 0.05) is 10.0 Å². The van der Waals surface area contributed by atoms with Crippen molar-refractivity contribution >= 4 is 48.3 Å². The Labute approximate surface area is 172 Å². The Kier molecular flexibility index (Phi) is 6.46. The molecule has 0 aliphatic carbocycles. The molecule has 0 saturated carbocycles. The molecule has 0 radical (unpaired) electrons. The van der Waals surface area contributed by atoms with E-state index in [-0.39, 0.29) is 10.9 Å². The molecule has 0 bridgehead atoms. The Bertz CT molecular complexity index is 858. The van der Waals surface area contributed by atoms with Crippen LogP contribution >= 0.6 is 23.2 Å². The van der Waals surface area contributed by atoms with E-state index in [4.69, 9.17) is 23.2 Å². The van der Waals surface area contributed by atoms with Gasteiger partial charge in [-0.2, -0.15) is 0 Å². The van der Waals surface area contributed by atoms with Crippen LogP contribution in [0.25, 0.3) is 0 Å². The molecule has 0 unspecified atom stereocenters. The van der Waals surface area contributed by atoms with Gasteiger partial charge in [-0.25, -0.2) is 0 Å². The molecule has 0 heterocycles. The second-order valence-electron chi connectivity index (χ2n) is 5.49. The van der Waals surface area contributed by atoms with Gasteiger partial charge in [-0.15, -0.1) is 0 Å². The zero-order chi connectivity index (χ0) is 21.1. The van der Waals surface area contributed by atoms with Gasteiger partial charge in [0.05, 0.1) is 10.9 Å². The molecule has 0 aliphatic heterocycles. The van der Waals surface area contributed by atoms with E-state index in [2.05, 4.69) is 48.5 Å². The number of halogens is 8. The number of benzene rings is 3. The zero-order valence-electron chi connectivity index (χ0n) is 13.9. The fraction of sp³-hybridized carbons (Fsp3) is 0. The predicted molar refractivity (Wildman–Crippen MR) is 104 cm³/mol. The molecular weight excluding hydrogens is 508 g/mol. The molecule has 0 saturated heterocycles. The van der Waals surface area contributed by atoms with E-state index in [1.165, 1.54) is 14.7 Å². The monoisotopic (exact) mass is 520 g/mol. The Balaban J connectivity index is 0.000000345. The Hall–Kier alpha value is -1.27. The van der Waals surface area contributed by atoms with E-state index in [0.29, 0.717) is 0 Å². The fourth-order valence-electron chi connectivity index (χ4n) is 2.11. The summed E-state index contributed by atoms with van der Waals surface area (Å²) in [7, 11) is -0.148. The van der Waals surface area contributed by atoms with Crippen molar-refractivity contribution in [3.63, 3.8) is 0 Å². The fourth-order valence-corrected chi connectivity index (χ4v) is 4.42. The minimum absolute atomic E-state index is 0.148. The van der Waals surface area contributed by atoms with Crippen LogP contribution in [0.2, 0.25) is 10.0 Å². The third kappa shape index (κ3) is 9.28. The summed E-state index contributed by atoms with van der Waals surface area (Å²) in [6, 6.07) is 26.6. The molecule has 0 spiro atoms. The van der Waals surface area contributed by atoms with Gasteiger partial charge in [-0.05, 0) is 60.7 Å². The van der Waals surface area contributed by atoms with Crippen molar-refractivity contribution in [3.05, 3.63) is 88.9 Å². The van der Waals surface area contributed by atoms with E-state index < -0.39 is 14.2 Å². The molecule has 0 amide bonds. The summed E-state index contributed by atoms with van der Waals surface area (Å²) in [5, 5.41) is 1.51. The maximum atomic E-state index is 9.91. The summed E-state index contributed by atoms with van der Waals surface area (Å²) in [4.78, 5) is 3.77. The van der Waals surface area contributed by atoms with Crippen molar-refractivity contribution in [1.82, 2.24) is 0 Å². The van der Waals surface area contributed by atoms with Gasteiger partial charge in [0.15, 0.2) is 14.7 Å². The van der Waals surface area contributed by atoms with E-state index in [1.807, 2.05) is 30.3 Å². The van der Waals surface area contributed by atoms with Crippen molar-refractivity contribution in [1.29, 1.82) is 0 Å². The summed E-state index contributed by atoms with van der Waals surface area (Å²) in [5.74, 6) is 0. The topological polar surface area (TPSA) is 0 Å². The Morgan fingerprint density at radius 2 is 0.786 bits per heavy atom. The molecule has 10 heteroatoms. The molecule has 0 nitrogen and oxygen atoms in total. The number of hydrogen-bond donors (Lipinski definition) is 0. The molecular formula is C18H13AsCl2F6S. The van der Waals surface area contributed by atoms with Crippen LogP contribution in [-0.4, -0.2) is 14.2 Å². The SMILES string of the molecule is Clc1ccc([S+](c2ccccc2)c2ccc(Cl)cc2)cc1.F[As-](F)(F)(F)(F)F. The average molecular weight is 521 g/mol. The van der Waals surface area contributed by atoms with E-state index >= 15 is 0 Å².